The number of aromatic nitrogens is 1. The third kappa shape index (κ3) is 3.00. The SMILES string of the molecule is CCNCc1ccc(N2CCC(OC)C2)nc1C. The highest BCUT2D eigenvalue weighted by Gasteiger charge is 2.23. The summed E-state index contributed by atoms with van der Waals surface area (Å²) in [5.74, 6) is 1.08. The van der Waals surface area contributed by atoms with E-state index in [4.69, 9.17) is 9.72 Å². The number of hydrogen-bond acceptors (Lipinski definition) is 4. The van der Waals surface area contributed by atoms with Crippen molar-refractivity contribution >= 4 is 5.82 Å². The molecule has 1 unspecified atom stereocenters. The highest BCUT2D eigenvalue weighted by atomic mass is 16.5. The Hall–Kier alpha value is -1.13. The molecule has 0 saturated carbocycles. The summed E-state index contributed by atoms with van der Waals surface area (Å²) in [5.41, 5.74) is 2.40. The molecule has 1 aromatic heterocycles. The van der Waals surface area contributed by atoms with Crippen LogP contribution in [0.15, 0.2) is 12.1 Å². The molecule has 1 atom stereocenters. The summed E-state index contributed by atoms with van der Waals surface area (Å²) in [4.78, 5) is 7.01. The molecule has 1 aliphatic heterocycles. The third-order valence-corrected chi connectivity index (χ3v) is 3.55. The maximum atomic E-state index is 5.39. The van der Waals surface area contributed by atoms with Crippen LogP contribution >= 0.6 is 0 Å². The Morgan fingerprint density at radius 2 is 2.33 bits per heavy atom. The normalized spacial score (nSPS) is 19.5. The quantitative estimate of drug-likeness (QED) is 0.862. The van der Waals surface area contributed by atoms with Gasteiger partial charge in [-0.15, -0.1) is 0 Å². The lowest BCUT2D eigenvalue weighted by Crippen LogP contribution is -2.23. The fourth-order valence-corrected chi connectivity index (χ4v) is 2.33. The van der Waals surface area contributed by atoms with Crippen LogP contribution in [0.3, 0.4) is 0 Å². The second-order valence-electron chi connectivity index (χ2n) is 4.79. The van der Waals surface area contributed by atoms with Crippen molar-refractivity contribution in [3.63, 3.8) is 0 Å². The van der Waals surface area contributed by atoms with E-state index >= 15 is 0 Å². The van der Waals surface area contributed by atoms with Crippen molar-refractivity contribution in [1.29, 1.82) is 0 Å². The first-order valence-corrected chi connectivity index (χ1v) is 6.69. The lowest BCUT2D eigenvalue weighted by atomic mass is 10.2. The predicted octanol–water partition coefficient (Wildman–Crippen LogP) is 1.72. The number of ether oxygens (including phenoxy) is 1. The fraction of sp³-hybridized carbons (Fsp3) is 0.643. The van der Waals surface area contributed by atoms with Gasteiger partial charge in [0.05, 0.1) is 6.10 Å². The van der Waals surface area contributed by atoms with Gasteiger partial charge in [0.1, 0.15) is 5.82 Å². The van der Waals surface area contributed by atoms with Crippen LogP contribution in [0.2, 0.25) is 0 Å². The molecule has 0 amide bonds. The fourth-order valence-electron chi connectivity index (χ4n) is 2.33. The van der Waals surface area contributed by atoms with Crippen LogP contribution in [0.5, 0.6) is 0 Å². The Morgan fingerprint density at radius 1 is 1.50 bits per heavy atom. The van der Waals surface area contributed by atoms with Crippen LogP contribution in [0.25, 0.3) is 0 Å². The van der Waals surface area contributed by atoms with Gasteiger partial charge in [0.25, 0.3) is 0 Å². The van der Waals surface area contributed by atoms with E-state index in [1.807, 2.05) is 0 Å². The van der Waals surface area contributed by atoms with Gasteiger partial charge in [-0.05, 0) is 31.5 Å². The van der Waals surface area contributed by atoms with Crippen LogP contribution in [-0.4, -0.2) is 37.8 Å². The summed E-state index contributed by atoms with van der Waals surface area (Å²) < 4.78 is 5.39. The number of nitrogens with zero attached hydrogens (tertiary/aromatic N) is 2. The minimum Gasteiger partial charge on any atom is -0.380 e. The van der Waals surface area contributed by atoms with Gasteiger partial charge in [-0.25, -0.2) is 4.98 Å². The smallest absolute Gasteiger partial charge is 0.128 e. The molecule has 4 nitrogen and oxygen atoms in total. The average Bonchev–Trinajstić information content (AvgIpc) is 2.86. The monoisotopic (exact) mass is 249 g/mol. The van der Waals surface area contributed by atoms with Gasteiger partial charge in [0, 0.05) is 32.4 Å². The van der Waals surface area contributed by atoms with E-state index in [1.54, 1.807) is 7.11 Å². The van der Waals surface area contributed by atoms with Crippen LogP contribution in [0, 0.1) is 6.92 Å². The summed E-state index contributed by atoms with van der Waals surface area (Å²) >= 11 is 0. The molecule has 4 heteroatoms. The molecule has 2 heterocycles. The number of aryl methyl sites for hydroxylation is 1. The molecule has 1 N–H and O–H groups in total. The minimum absolute atomic E-state index is 0.355. The van der Waals surface area contributed by atoms with Crippen LogP contribution in [-0.2, 0) is 11.3 Å². The Bertz CT molecular complexity index is 395. The molecule has 1 saturated heterocycles. The Labute approximate surface area is 109 Å². The molecule has 0 aliphatic carbocycles. The average molecular weight is 249 g/mol. The van der Waals surface area contributed by atoms with Crippen molar-refractivity contribution in [3.8, 4) is 0 Å². The molecule has 1 aromatic rings. The first-order chi connectivity index (χ1) is 8.74. The zero-order valence-corrected chi connectivity index (χ0v) is 11.6. The number of anilines is 1. The summed E-state index contributed by atoms with van der Waals surface area (Å²) in [7, 11) is 1.78. The van der Waals surface area contributed by atoms with Crippen molar-refractivity contribution in [3.05, 3.63) is 23.4 Å². The molecule has 1 aliphatic rings. The van der Waals surface area contributed by atoms with Crippen molar-refractivity contribution in [2.75, 3.05) is 31.6 Å². The summed E-state index contributed by atoms with van der Waals surface area (Å²) in [6.45, 7) is 8.08. The van der Waals surface area contributed by atoms with Gasteiger partial charge in [-0.1, -0.05) is 13.0 Å². The zero-order chi connectivity index (χ0) is 13.0. The molecule has 0 radical (unpaired) electrons. The Morgan fingerprint density at radius 3 is 2.94 bits per heavy atom. The third-order valence-electron chi connectivity index (χ3n) is 3.55. The van der Waals surface area contributed by atoms with E-state index in [-0.39, 0.29) is 0 Å². The maximum Gasteiger partial charge on any atom is 0.128 e. The van der Waals surface area contributed by atoms with Crippen molar-refractivity contribution in [2.45, 2.75) is 32.9 Å². The van der Waals surface area contributed by atoms with E-state index in [0.29, 0.717) is 6.10 Å². The topological polar surface area (TPSA) is 37.4 Å². The molecule has 1 fully saturated rings. The minimum atomic E-state index is 0.355. The lowest BCUT2D eigenvalue weighted by Gasteiger charge is -2.18. The van der Waals surface area contributed by atoms with E-state index in [1.165, 1.54) is 5.56 Å². The van der Waals surface area contributed by atoms with Gasteiger partial charge < -0.3 is 15.0 Å². The molecular formula is C14H23N3O. The number of rotatable bonds is 5. The van der Waals surface area contributed by atoms with Gasteiger partial charge >= 0.3 is 0 Å². The second-order valence-corrected chi connectivity index (χ2v) is 4.79. The zero-order valence-electron chi connectivity index (χ0n) is 11.6. The summed E-state index contributed by atoms with van der Waals surface area (Å²) in [5, 5.41) is 3.34. The van der Waals surface area contributed by atoms with Crippen LogP contribution < -0.4 is 10.2 Å². The standard InChI is InChI=1S/C14H23N3O/c1-4-15-9-12-5-6-14(16-11(12)2)17-8-7-13(10-17)18-3/h5-6,13,15H,4,7-10H2,1-3H3. The molecule has 100 valence electrons. The highest BCUT2D eigenvalue weighted by Crippen LogP contribution is 2.21. The molecule has 18 heavy (non-hydrogen) atoms. The van der Waals surface area contributed by atoms with Gasteiger partial charge in [-0.3, -0.25) is 0 Å². The summed E-state index contributed by atoms with van der Waals surface area (Å²) in [6.07, 6.45) is 1.45. The second kappa shape index (κ2) is 6.16. The number of hydrogen-bond donors (Lipinski definition) is 1. The Balaban J connectivity index is 2.04. The first kappa shape index (κ1) is 13.3. The van der Waals surface area contributed by atoms with E-state index in [2.05, 4.69) is 36.2 Å². The molecule has 0 aromatic carbocycles. The van der Waals surface area contributed by atoms with Crippen LogP contribution in [0.1, 0.15) is 24.6 Å². The highest BCUT2D eigenvalue weighted by molar-refractivity contribution is 5.43. The lowest BCUT2D eigenvalue weighted by molar-refractivity contribution is 0.121. The van der Waals surface area contributed by atoms with Crippen molar-refractivity contribution < 1.29 is 4.74 Å². The van der Waals surface area contributed by atoms with Crippen molar-refractivity contribution in [1.82, 2.24) is 10.3 Å². The maximum absolute atomic E-state index is 5.39. The number of methoxy groups -OCH3 is 1. The van der Waals surface area contributed by atoms with E-state index < -0.39 is 0 Å². The van der Waals surface area contributed by atoms with E-state index in [9.17, 15) is 0 Å². The Kier molecular flexibility index (Phi) is 4.55. The molecule has 0 bridgehead atoms. The molecular weight excluding hydrogens is 226 g/mol. The van der Waals surface area contributed by atoms with Gasteiger partial charge in [0.15, 0.2) is 0 Å². The van der Waals surface area contributed by atoms with Crippen LogP contribution in [0.4, 0.5) is 5.82 Å². The van der Waals surface area contributed by atoms with Gasteiger partial charge in [0.2, 0.25) is 0 Å². The van der Waals surface area contributed by atoms with Gasteiger partial charge in [-0.2, -0.15) is 0 Å². The molecule has 2 rings (SSSR count). The van der Waals surface area contributed by atoms with E-state index in [0.717, 1.165) is 44.1 Å². The number of pyridine rings is 1. The predicted molar refractivity (Wildman–Crippen MR) is 74.0 cm³/mol. The molecule has 0 spiro atoms. The first-order valence-electron chi connectivity index (χ1n) is 6.69. The van der Waals surface area contributed by atoms with Crippen molar-refractivity contribution in [2.24, 2.45) is 0 Å². The summed E-state index contributed by atoms with van der Waals surface area (Å²) in [6, 6.07) is 4.30. The largest absolute Gasteiger partial charge is 0.380 e. The number of nitrogens with one attached hydrogen (secondary N) is 1.